The Morgan fingerprint density at radius 2 is 2.04 bits per heavy atom. The van der Waals surface area contributed by atoms with E-state index in [0.717, 1.165) is 26.7 Å². The van der Waals surface area contributed by atoms with Crippen LogP contribution in [-0.4, -0.2) is 34.9 Å². The lowest BCUT2D eigenvalue weighted by molar-refractivity contribution is -0.124. The van der Waals surface area contributed by atoms with Crippen molar-refractivity contribution in [3.8, 4) is 0 Å². The minimum atomic E-state index is -0.707. The third-order valence-electron chi connectivity index (χ3n) is 4.79. The number of carbonyl (C=O) groups is 2. The van der Waals surface area contributed by atoms with Crippen molar-refractivity contribution in [3.05, 3.63) is 30.7 Å². The second-order valence-corrected chi connectivity index (χ2v) is 7.72. The summed E-state index contributed by atoms with van der Waals surface area (Å²) >= 11 is 1.55. The van der Waals surface area contributed by atoms with Gasteiger partial charge in [-0.1, -0.05) is 55.6 Å². The molecule has 0 spiro atoms. The minimum Gasteiger partial charge on any atom is -0.360 e. The number of thiazole rings is 1. The van der Waals surface area contributed by atoms with Crippen molar-refractivity contribution in [2.45, 2.75) is 38.5 Å². The fraction of sp³-hybridized carbons (Fsp3) is 0.474. The molecule has 3 N–H and O–H groups in total. The third kappa shape index (κ3) is 4.94. The van der Waals surface area contributed by atoms with E-state index < -0.39 is 6.03 Å². The number of nitrogens with two attached hydrogens (primary N) is 1. The number of amides is 3. The maximum Gasteiger partial charge on any atom is 0.321 e. The molecule has 3 amide bonds. The van der Waals surface area contributed by atoms with Crippen LogP contribution < -0.4 is 11.1 Å². The van der Waals surface area contributed by atoms with E-state index in [1.165, 1.54) is 32.1 Å². The summed E-state index contributed by atoms with van der Waals surface area (Å²) in [5.74, 6) is 0.262. The van der Waals surface area contributed by atoms with Gasteiger partial charge in [0.25, 0.3) is 0 Å². The van der Waals surface area contributed by atoms with Crippen LogP contribution in [0.1, 0.15) is 38.5 Å². The van der Waals surface area contributed by atoms with Gasteiger partial charge < -0.3 is 11.1 Å². The normalized spacial score (nSPS) is 15.1. The van der Waals surface area contributed by atoms with Crippen LogP contribution in [-0.2, 0) is 4.79 Å². The van der Waals surface area contributed by atoms with Crippen LogP contribution in [0.15, 0.2) is 24.3 Å². The van der Waals surface area contributed by atoms with Crippen LogP contribution in [0, 0.1) is 12.3 Å². The summed E-state index contributed by atoms with van der Waals surface area (Å²) in [4.78, 5) is 29.6. The van der Waals surface area contributed by atoms with Crippen molar-refractivity contribution < 1.29 is 9.59 Å². The molecule has 1 fully saturated rings. The number of aromatic nitrogens is 1. The topological polar surface area (TPSA) is 88.3 Å². The second kappa shape index (κ2) is 8.98. The van der Waals surface area contributed by atoms with Crippen LogP contribution in [0.4, 0.5) is 9.93 Å². The molecule has 2 aromatic rings. The van der Waals surface area contributed by atoms with Crippen molar-refractivity contribution in [2.24, 2.45) is 11.7 Å². The van der Waals surface area contributed by atoms with E-state index in [4.69, 9.17) is 5.73 Å². The molecule has 1 aromatic heterocycles. The predicted octanol–water partition coefficient (Wildman–Crippen LogP) is 3.79. The van der Waals surface area contributed by atoms with Crippen molar-refractivity contribution in [3.63, 3.8) is 0 Å². The van der Waals surface area contributed by atoms with Gasteiger partial charge in [0, 0.05) is 13.1 Å². The molecule has 1 heterocycles. The lowest BCUT2D eigenvalue weighted by atomic mass is 9.86. The first-order chi connectivity index (χ1) is 12.6. The summed E-state index contributed by atoms with van der Waals surface area (Å²) in [6, 6.07) is 7.18. The zero-order chi connectivity index (χ0) is 18.4. The highest BCUT2D eigenvalue weighted by molar-refractivity contribution is 7.22. The van der Waals surface area contributed by atoms with Crippen molar-refractivity contribution in [2.75, 3.05) is 18.4 Å². The van der Waals surface area contributed by atoms with Crippen LogP contribution >= 0.6 is 11.3 Å². The molecule has 139 valence electrons. The Labute approximate surface area is 157 Å². The van der Waals surface area contributed by atoms with Crippen molar-refractivity contribution in [1.82, 2.24) is 9.88 Å². The van der Waals surface area contributed by atoms with E-state index >= 15 is 0 Å². The average molecular weight is 374 g/mol. The smallest absolute Gasteiger partial charge is 0.321 e. The van der Waals surface area contributed by atoms with E-state index in [1.807, 2.05) is 24.3 Å². The lowest BCUT2D eigenvalue weighted by Crippen LogP contribution is -2.43. The highest BCUT2D eigenvalue weighted by Gasteiger charge is 2.21. The first kappa shape index (κ1) is 18.6. The number of fused-ring (bicyclic) bond motifs is 1. The monoisotopic (exact) mass is 373 g/mol. The van der Waals surface area contributed by atoms with Gasteiger partial charge in [-0.05, 0) is 24.5 Å². The zero-order valence-corrected chi connectivity index (χ0v) is 15.6. The molecule has 0 unspecified atom stereocenters. The number of nitrogens with zero attached hydrogens (tertiary/aromatic N) is 2. The van der Waals surface area contributed by atoms with Crippen molar-refractivity contribution >= 4 is 38.6 Å². The van der Waals surface area contributed by atoms with Gasteiger partial charge >= 0.3 is 6.03 Å². The fourth-order valence-corrected chi connectivity index (χ4v) is 4.24. The Morgan fingerprint density at radius 3 is 2.77 bits per heavy atom. The van der Waals surface area contributed by atoms with Crippen molar-refractivity contribution in [1.29, 1.82) is 0 Å². The number of hydrogen-bond donors (Lipinski definition) is 2. The predicted molar refractivity (Wildman–Crippen MR) is 105 cm³/mol. The van der Waals surface area contributed by atoms with Crippen LogP contribution in [0.3, 0.4) is 0 Å². The van der Waals surface area contributed by atoms with Gasteiger partial charge in [0.2, 0.25) is 5.91 Å². The molecular formula is C19H25N4O2S. The Morgan fingerprint density at radius 1 is 1.27 bits per heavy atom. The molecule has 26 heavy (non-hydrogen) atoms. The number of hydrogen-bond acceptors (Lipinski definition) is 5. The SMILES string of the molecule is NC(=O)N(CCNc1nc2ccccc2s1)C(=O)[CH]CC1CCCCC1. The minimum absolute atomic E-state index is 0.227. The number of rotatable bonds is 7. The first-order valence-corrected chi connectivity index (χ1v) is 9.98. The second-order valence-electron chi connectivity index (χ2n) is 6.69. The molecule has 3 rings (SSSR count). The van der Waals surface area contributed by atoms with Gasteiger partial charge in [0.15, 0.2) is 5.13 Å². The molecule has 0 atom stereocenters. The summed E-state index contributed by atoms with van der Waals surface area (Å²) < 4.78 is 1.10. The maximum atomic E-state index is 12.3. The summed E-state index contributed by atoms with van der Waals surface area (Å²) in [6.07, 6.45) is 8.44. The number of imide groups is 1. The standard InChI is InChI=1S/C19H25N4O2S/c20-18(25)23(17(24)11-10-14-6-2-1-3-7-14)13-12-21-19-22-15-8-4-5-9-16(15)26-19/h4-5,8-9,11,14H,1-3,6-7,10,12-13H2,(H2,20,25)(H,21,22). The Balaban J connectivity index is 1.47. The van der Waals surface area contributed by atoms with E-state index in [9.17, 15) is 9.59 Å². The number of urea groups is 1. The van der Waals surface area contributed by atoms with Gasteiger partial charge in [-0.2, -0.15) is 0 Å². The molecule has 0 saturated heterocycles. The van der Waals surface area contributed by atoms with Crippen LogP contribution in [0.2, 0.25) is 0 Å². The van der Waals surface area contributed by atoms with E-state index in [0.29, 0.717) is 12.5 Å². The average Bonchev–Trinajstić information content (AvgIpc) is 3.06. The molecule has 0 bridgehead atoms. The maximum absolute atomic E-state index is 12.3. The molecule has 1 radical (unpaired) electrons. The van der Waals surface area contributed by atoms with Gasteiger partial charge in [0.1, 0.15) is 0 Å². The van der Waals surface area contributed by atoms with Crippen LogP contribution in [0.5, 0.6) is 0 Å². The summed E-state index contributed by atoms with van der Waals surface area (Å²) in [7, 11) is 0. The molecule has 1 aromatic carbocycles. The molecule has 6 nitrogen and oxygen atoms in total. The van der Waals surface area contributed by atoms with Gasteiger partial charge in [-0.25, -0.2) is 9.78 Å². The number of anilines is 1. The number of benzene rings is 1. The zero-order valence-electron chi connectivity index (χ0n) is 14.8. The Kier molecular flexibility index (Phi) is 6.44. The van der Waals surface area contributed by atoms with E-state index in [1.54, 1.807) is 17.8 Å². The molecule has 1 aliphatic carbocycles. The lowest BCUT2D eigenvalue weighted by Gasteiger charge is -2.23. The van der Waals surface area contributed by atoms with Gasteiger partial charge in [0.05, 0.1) is 16.6 Å². The highest BCUT2D eigenvalue weighted by Crippen LogP contribution is 2.27. The quantitative estimate of drug-likeness (QED) is 0.773. The molecule has 0 aliphatic heterocycles. The third-order valence-corrected chi connectivity index (χ3v) is 5.78. The Hall–Kier alpha value is -2.15. The number of nitrogens with one attached hydrogen (secondary N) is 1. The molecule has 1 aliphatic rings. The number of para-hydroxylation sites is 1. The largest absolute Gasteiger partial charge is 0.360 e. The molecule has 7 heteroatoms. The Bertz CT molecular complexity index is 722. The van der Waals surface area contributed by atoms with E-state index in [2.05, 4.69) is 10.3 Å². The summed E-state index contributed by atoms with van der Waals surface area (Å²) in [5, 5.41) is 3.94. The van der Waals surface area contributed by atoms with Crippen LogP contribution in [0.25, 0.3) is 10.2 Å². The first-order valence-electron chi connectivity index (χ1n) is 9.17. The fourth-order valence-electron chi connectivity index (χ4n) is 3.35. The van der Waals surface area contributed by atoms with E-state index in [-0.39, 0.29) is 12.5 Å². The highest BCUT2D eigenvalue weighted by atomic mass is 32.1. The van der Waals surface area contributed by atoms with Gasteiger partial charge in [-0.15, -0.1) is 0 Å². The summed E-state index contributed by atoms with van der Waals surface area (Å²) in [5.41, 5.74) is 6.33. The summed E-state index contributed by atoms with van der Waals surface area (Å²) in [6.45, 7) is 0.650. The molecule has 1 saturated carbocycles. The molecular weight excluding hydrogens is 348 g/mol. The number of carbonyl (C=O) groups excluding carboxylic acids is 2. The number of primary amides is 1. The van der Waals surface area contributed by atoms with Gasteiger partial charge in [-0.3, -0.25) is 9.69 Å².